The van der Waals surface area contributed by atoms with Crippen molar-refractivity contribution < 1.29 is 26.0 Å². The molecule has 2 aromatic heterocycles. The maximum absolute atomic E-state index is 14.0. The van der Waals surface area contributed by atoms with Crippen LogP contribution in [0.1, 0.15) is 5.76 Å². The van der Waals surface area contributed by atoms with Crippen LogP contribution in [0.15, 0.2) is 64.2 Å². The molecule has 0 spiro atoms. The van der Waals surface area contributed by atoms with Gasteiger partial charge in [-0.05, 0) is 24.3 Å². The Morgan fingerprint density at radius 1 is 1.00 bits per heavy atom. The van der Waals surface area contributed by atoms with Gasteiger partial charge in [0.05, 0.1) is 12.8 Å². The van der Waals surface area contributed by atoms with Crippen molar-refractivity contribution >= 4 is 15.8 Å². The zero-order valence-electron chi connectivity index (χ0n) is 12.6. The van der Waals surface area contributed by atoms with Gasteiger partial charge in [0.1, 0.15) is 22.3 Å². The van der Waals surface area contributed by atoms with Crippen LogP contribution >= 0.6 is 0 Å². The lowest BCUT2D eigenvalue weighted by atomic mass is 10.3. The molecule has 0 radical (unpaired) electrons. The van der Waals surface area contributed by atoms with Gasteiger partial charge in [-0.15, -0.1) is 0 Å². The summed E-state index contributed by atoms with van der Waals surface area (Å²) in [5, 5.41) is 0. The number of hydrogen-bond donors (Lipinski definition) is 0. The Bertz CT molecular complexity index is 977. The van der Waals surface area contributed by atoms with Crippen LogP contribution in [0, 0.1) is 17.5 Å². The average molecular weight is 368 g/mol. The van der Waals surface area contributed by atoms with Gasteiger partial charge in [-0.25, -0.2) is 30.9 Å². The van der Waals surface area contributed by atoms with E-state index in [2.05, 4.69) is 4.98 Å². The van der Waals surface area contributed by atoms with Gasteiger partial charge >= 0.3 is 0 Å². The highest BCUT2D eigenvalue weighted by molar-refractivity contribution is 7.92. The predicted molar refractivity (Wildman–Crippen MR) is 82.6 cm³/mol. The summed E-state index contributed by atoms with van der Waals surface area (Å²) in [5.41, 5.74) is 0. The van der Waals surface area contributed by atoms with Gasteiger partial charge in [-0.3, -0.25) is 0 Å². The fraction of sp³-hybridized carbons (Fsp3) is 0.0625. The summed E-state index contributed by atoms with van der Waals surface area (Å²) in [7, 11) is -4.57. The number of halogens is 3. The van der Waals surface area contributed by atoms with E-state index >= 15 is 0 Å². The summed E-state index contributed by atoms with van der Waals surface area (Å²) in [5.74, 6) is -4.12. The van der Waals surface area contributed by atoms with Crippen LogP contribution in [0.4, 0.5) is 19.0 Å². The lowest BCUT2D eigenvalue weighted by Gasteiger charge is -2.22. The minimum Gasteiger partial charge on any atom is -0.467 e. The number of nitrogens with zero attached hydrogens (tertiary/aromatic N) is 2. The van der Waals surface area contributed by atoms with Crippen molar-refractivity contribution in [2.45, 2.75) is 11.4 Å². The number of anilines is 1. The third-order valence-electron chi connectivity index (χ3n) is 3.33. The van der Waals surface area contributed by atoms with Crippen molar-refractivity contribution in [2.75, 3.05) is 4.31 Å². The molecule has 0 aliphatic heterocycles. The second-order valence-electron chi connectivity index (χ2n) is 4.98. The van der Waals surface area contributed by atoms with Crippen molar-refractivity contribution in [3.05, 3.63) is 78.1 Å². The topological polar surface area (TPSA) is 63.4 Å². The van der Waals surface area contributed by atoms with Crippen LogP contribution in [0.3, 0.4) is 0 Å². The summed E-state index contributed by atoms with van der Waals surface area (Å²) < 4.78 is 72.2. The molecule has 5 nitrogen and oxygen atoms in total. The summed E-state index contributed by atoms with van der Waals surface area (Å²) in [6.45, 7) is -0.301. The zero-order chi connectivity index (χ0) is 18.0. The molecule has 0 aliphatic carbocycles. The number of rotatable bonds is 5. The second kappa shape index (κ2) is 6.60. The molecule has 0 saturated carbocycles. The average Bonchev–Trinajstić information content (AvgIpc) is 3.09. The first-order valence-corrected chi connectivity index (χ1v) is 8.44. The molecular formula is C16H11F3N2O3S. The lowest BCUT2D eigenvalue weighted by Crippen LogP contribution is -2.32. The SMILES string of the molecule is O=S(=O)(c1cc(F)c(F)cc1F)N(Cc1ccco1)c1ccccn1. The highest BCUT2D eigenvalue weighted by Crippen LogP contribution is 2.27. The van der Waals surface area contributed by atoms with E-state index in [-0.39, 0.29) is 24.2 Å². The summed E-state index contributed by atoms with van der Waals surface area (Å²) in [6, 6.07) is 8.06. The highest BCUT2D eigenvalue weighted by Gasteiger charge is 2.31. The fourth-order valence-corrected chi connectivity index (χ4v) is 3.60. The van der Waals surface area contributed by atoms with E-state index < -0.39 is 32.4 Å². The van der Waals surface area contributed by atoms with Crippen LogP contribution in [0.25, 0.3) is 0 Å². The molecule has 3 rings (SSSR count). The molecule has 3 aromatic rings. The van der Waals surface area contributed by atoms with Crippen molar-refractivity contribution in [1.82, 2.24) is 4.98 Å². The molecule has 0 fully saturated rings. The number of hydrogen-bond acceptors (Lipinski definition) is 4. The van der Waals surface area contributed by atoms with Gasteiger partial charge in [-0.2, -0.15) is 0 Å². The molecule has 0 saturated heterocycles. The monoisotopic (exact) mass is 368 g/mol. The Morgan fingerprint density at radius 3 is 2.40 bits per heavy atom. The van der Waals surface area contributed by atoms with Crippen LogP contribution in [-0.2, 0) is 16.6 Å². The molecule has 1 aromatic carbocycles. The number of furan rings is 1. The standard InChI is InChI=1S/C16H11F3N2O3S/c17-12-8-14(19)15(9-13(12)18)25(22,23)21(10-11-4-3-7-24-11)16-5-1-2-6-20-16/h1-9H,10H2. The van der Waals surface area contributed by atoms with Crippen LogP contribution < -0.4 is 4.31 Å². The van der Waals surface area contributed by atoms with Crippen LogP contribution in [0.2, 0.25) is 0 Å². The smallest absolute Gasteiger partial charge is 0.268 e. The van der Waals surface area contributed by atoms with Crippen LogP contribution in [-0.4, -0.2) is 13.4 Å². The van der Waals surface area contributed by atoms with E-state index in [4.69, 9.17) is 4.42 Å². The maximum Gasteiger partial charge on any atom is 0.268 e. The fourth-order valence-electron chi connectivity index (χ4n) is 2.16. The Kier molecular flexibility index (Phi) is 4.49. The largest absolute Gasteiger partial charge is 0.467 e. The van der Waals surface area contributed by atoms with E-state index in [0.29, 0.717) is 6.07 Å². The first kappa shape index (κ1) is 17.0. The number of benzene rings is 1. The summed E-state index contributed by atoms with van der Waals surface area (Å²) >= 11 is 0. The van der Waals surface area contributed by atoms with Crippen molar-refractivity contribution in [2.24, 2.45) is 0 Å². The van der Waals surface area contributed by atoms with Gasteiger partial charge in [0.2, 0.25) is 0 Å². The number of pyridine rings is 1. The normalized spacial score (nSPS) is 11.5. The van der Waals surface area contributed by atoms with Gasteiger partial charge in [-0.1, -0.05) is 6.07 Å². The zero-order valence-corrected chi connectivity index (χ0v) is 13.4. The van der Waals surface area contributed by atoms with Crippen molar-refractivity contribution in [3.8, 4) is 0 Å². The van der Waals surface area contributed by atoms with Gasteiger partial charge in [0, 0.05) is 18.3 Å². The van der Waals surface area contributed by atoms with Crippen molar-refractivity contribution in [1.29, 1.82) is 0 Å². The van der Waals surface area contributed by atoms with Crippen molar-refractivity contribution in [3.63, 3.8) is 0 Å². The molecular weight excluding hydrogens is 357 g/mol. The minimum atomic E-state index is -4.57. The van der Waals surface area contributed by atoms with Gasteiger partial charge < -0.3 is 4.42 Å². The van der Waals surface area contributed by atoms with E-state index in [9.17, 15) is 21.6 Å². The predicted octanol–water partition coefficient (Wildman–Crippen LogP) is 3.49. The minimum absolute atomic E-state index is 0.0250. The Balaban J connectivity index is 2.13. The highest BCUT2D eigenvalue weighted by atomic mass is 32.2. The van der Waals surface area contributed by atoms with Crippen LogP contribution in [0.5, 0.6) is 0 Å². The molecule has 2 heterocycles. The Hall–Kier alpha value is -2.81. The quantitative estimate of drug-likeness (QED) is 0.647. The molecule has 130 valence electrons. The van der Waals surface area contributed by atoms with E-state index in [1.807, 2.05) is 0 Å². The molecule has 25 heavy (non-hydrogen) atoms. The molecule has 9 heteroatoms. The lowest BCUT2D eigenvalue weighted by molar-refractivity contribution is 0.480. The summed E-state index contributed by atoms with van der Waals surface area (Å²) in [4.78, 5) is 2.94. The third-order valence-corrected chi connectivity index (χ3v) is 5.09. The Morgan fingerprint density at radius 2 is 1.76 bits per heavy atom. The third kappa shape index (κ3) is 3.36. The van der Waals surface area contributed by atoms with E-state index in [1.165, 1.54) is 30.7 Å². The number of sulfonamides is 1. The molecule has 0 unspecified atom stereocenters. The van der Waals surface area contributed by atoms with E-state index in [0.717, 1.165) is 4.31 Å². The number of aromatic nitrogens is 1. The molecule has 0 aliphatic rings. The Labute approximate surface area is 141 Å². The molecule has 0 N–H and O–H groups in total. The molecule has 0 atom stereocenters. The summed E-state index contributed by atoms with van der Waals surface area (Å²) in [6.07, 6.45) is 2.69. The molecule has 0 amide bonds. The maximum atomic E-state index is 14.0. The first-order chi connectivity index (χ1) is 11.9. The van der Waals surface area contributed by atoms with Gasteiger partial charge in [0.25, 0.3) is 10.0 Å². The molecule has 0 bridgehead atoms. The first-order valence-electron chi connectivity index (χ1n) is 7.00. The van der Waals surface area contributed by atoms with E-state index in [1.54, 1.807) is 12.1 Å². The second-order valence-corrected chi connectivity index (χ2v) is 6.81. The van der Waals surface area contributed by atoms with Gasteiger partial charge in [0.15, 0.2) is 11.6 Å².